The van der Waals surface area contributed by atoms with Gasteiger partial charge < -0.3 is 4.57 Å². The summed E-state index contributed by atoms with van der Waals surface area (Å²) in [6, 6.07) is 10.1. The van der Waals surface area contributed by atoms with Gasteiger partial charge in [0.15, 0.2) is 0 Å². The second kappa shape index (κ2) is 5.51. The first-order valence-corrected chi connectivity index (χ1v) is 7.99. The largest absolute Gasteiger partial charge is 0.322 e. The fourth-order valence-electron chi connectivity index (χ4n) is 2.45. The van der Waals surface area contributed by atoms with Crippen LogP contribution in [0.4, 0.5) is 0 Å². The maximum Gasteiger partial charge on any atom is 0.125 e. The molecular weight excluding hydrogens is 302 g/mol. The molecule has 5 heteroatoms. The van der Waals surface area contributed by atoms with Crippen LogP contribution >= 0.6 is 22.9 Å². The van der Waals surface area contributed by atoms with Crippen LogP contribution in [-0.2, 0) is 12.4 Å². The van der Waals surface area contributed by atoms with Crippen molar-refractivity contribution >= 4 is 34.0 Å². The van der Waals surface area contributed by atoms with Gasteiger partial charge in [-0.05, 0) is 37.6 Å². The van der Waals surface area contributed by atoms with Gasteiger partial charge in [-0.3, -0.25) is 0 Å². The highest BCUT2D eigenvalue weighted by atomic mass is 35.5. The molecule has 3 aromatic rings. The molecule has 0 N–H and O–H groups in total. The maximum atomic E-state index is 9.21. The zero-order valence-corrected chi connectivity index (χ0v) is 13.4. The Morgan fingerprint density at radius 2 is 2.19 bits per heavy atom. The molecular formula is C16H14ClN3S. The summed E-state index contributed by atoms with van der Waals surface area (Å²) in [4.78, 5) is 7.15. The third-order valence-electron chi connectivity index (χ3n) is 3.63. The SMILES string of the molecule is Cc1cc(Cn2c(CCl)nc3c(C#N)cccc32)sc1C. The average Bonchev–Trinajstić information content (AvgIpc) is 3.00. The molecule has 1 aromatic carbocycles. The van der Waals surface area contributed by atoms with Crippen LogP contribution < -0.4 is 0 Å². The summed E-state index contributed by atoms with van der Waals surface area (Å²) in [6.07, 6.45) is 0. The summed E-state index contributed by atoms with van der Waals surface area (Å²) < 4.78 is 2.11. The minimum absolute atomic E-state index is 0.336. The first-order chi connectivity index (χ1) is 10.1. The number of para-hydroxylation sites is 1. The van der Waals surface area contributed by atoms with E-state index in [0.717, 1.165) is 23.4 Å². The fourth-order valence-corrected chi connectivity index (χ4v) is 3.69. The van der Waals surface area contributed by atoms with Gasteiger partial charge in [-0.15, -0.1) is 22.9 Å². The molecule has 3 nitrogen and oxygen atoms in total. The summed E-state index contributed by atoms with van der Waals surface area (Å²) in [6.45, 7) is 5.00. The summed E-state index contributed by atoms with van der Waals surface area (Å²) in [5, 5.41) is 9.21. The van der Waals surface area contributed by atoms with E-state index in [4.69, 9.17) is 11.6 Å². The lowest BCUT2D eigenvalue weighted by molar-refractivity contribution is 0.789. The van der Waals surface area contributed by atoms with Gasteiger partial charge in [0, 0.05) is 9.75 Å². The Hall–Kier alpha value is -1.83. The van der Waals surface area contributed by atoms with E-state index in [2.05, 4.69) is 35.5 Å². The van der Waals surface area contributed by atoms with Crippen LogP contribution in [0, 0.1) is 25.2 Å². The van der Waals surface area contributed by atoms with E-state index in [1.165, 1.54) is 15.3 Å². The third kappa shape index (κ3) is 2.44. The fraction of sp³-hybridized carbons (Fsp3) is 0.250. The topological polar surface area (TPSA) is 41.6 Å². The molecule has 0 atom stereocenters. The van der Waals surface area contributed by atoms with E-state index < -0.39 is 0 Å². The van der Waals surface area contributed by atoms with E-state index in [-0.39, 0.29) is 0 Å². The summed E-state index contributed by atoms with van der Waals surface area (Å²) in [5.41, 5.74) is 3.61. The smallest absolute Gasteiger partial charge is 0.125 e. The molecule has 0 radical (unpaired) electrons. The van der Waals surface area contributed by atoms with Crippen molar-refractivity contribution in [3.63, 3.8) is 0 Å². The Bertz CT molecular complexity index is 835. The van der Waals surface area contributed by atoms with E-state index in [9.17, 15) is 5.26 Å². The van der Waals surface area contributed by atoms with Crippen LogP contribution in [0.15, 0.2) is 24.3 Å². The van der Waals surface area contributed by atoms with Gasteiger partial charge in [-0.25, -0.2) is 4.98 Å². The van der Waals surface area contributed by atoms with Crippen LogP contribution in [0.1, 0.15) is 26.7 Å². The van der Waals surface area contributed by atoms with Crippen molar-refractivity contribution in [2.75, 3.05) is 0 Å². The van der Waals surface area contributed by atoms with Crippen molar-refractivity contribution in [3.8, 4) is 6.07 Å². The van der Waals surface area contributed by atoms with Crippen molar-refractivity contribution < 1.29 is 0 Å². The van der Waals surface area contributed by atoms with E-state index in [1.807, 2.05) is 12.1 Å². The Labute approximate surface area is 132 Å². The van der Waals surface area contributed by atoms with Crippen molar-refractivity contribution in [1.82, 2.24) is 9.55 Å². The predicted octanol–water partition coefficient (Wildman–Crippen LogP) is 4.37. The number of benzene rings is 1. The van der Waals surface area contributed by atoms with Crippen LogP contribution in [0.25, 0.3) is 11.0 Å². The monoisotopic (exact) mass is 315 g/mol. The number of aromatic nitrogens is 2. The van der Waals surface area contributed by atoms with E-state index in [1.54, 1.807) is 17.4 Å². The van der Waals surface area contributed by atoms with Gasteiger partial charge >= 0.3 is 0 Å². The van der Waals surface area contributed by atoms with Gasteiger partial charge in [-0.2, -0.15) is 5.26 Å². The van der Waals surface area contributed by atoms with Gasteiger partial charge in [-0.1, -0.05) is 6.07 Å². The Balaban J connectivity index is 2.15. The van der Waals surface area contributed by atoms with Crippen LogP contribution in [0.2, 0.25) is 0 Å². The zero-order chi connectivity index (χ0) is 15.0. The second-order valence-corrected chi connectivity index (χ2v) is 6.59. The number of alkyl halides is 1. The number of fused-ring (bicyclic) bond motifs is 1. The molecule has 0 aliphatic carbocycles. The first kappa shape index (κ1) is 14.1. The van der Waals surface area contributed by atoms with Crippen LogP contribution in [0.5, 0.6) is 0 Å². The number of imidazole rings is 1. The third-order valence-corrected chi connectivity index (χ3v) is 5.01. The molecule has 106 valence electrons. The molecule has 0 aliphatic rings. The molecule has 2 heterocycles. The molecule has 0 aliphatic heterocycles. The highest BCUT2D eigenvalue weighted by Gasteiger charge is 2.14. The lowest BCUT2D eigenvalue weighted by Crippen LogP contribution is -2.02. The van der Waals surface area contributed by atoms with Gasteiger partial charge in [0.1, 0.15) is 17.4 Å². The molecule has 21 heavy (non-hydrogen) atoms. The number of nitrogens with zero attached hydrogens (tertiary/aromatic N) is 3. The number of thiophene rings is 1. The van der Waals surface area contributed by atoms with Crippen molar-refractivity contribution in [2.24, 2.45) is 0 Å². The summed E-state index contributed by atoms with van der Waals surface area (Å²) in [7, 11) is 0. The molecule has 3 rings (SSSR count). The van der Waals surface area contributed by atoms with Crippen molar-refractivity contribution in [3.05, 3.63) is 51.0 Å². The van der Waals surface area contributed by atoms with Gasteiger partial charge in [0.25, 0.3) is 0 Å². The first-order valence-electron chi connectivity index (χ1n) is 6.64. The highest BCUT2D eigenvalue weighted by Crippen LogP contribution is 2.26. The lowest BCUT2D eigenvalue weighted by atomic mass is 10.2. The van der Waals surface area contributed by atoms with Crippen LogP contribution in [0.3, 0.4) is 0 Å². The van der Waals surface area contributed by atoms with E-state index in [0.29, 0.717) is 11.4 Å². The number of hydrogen-bond acceptors (Lipinski definition) is 3. The number of aryl methyl sites for hydroxylation is 2. The molecule has 0 amide bonds. The Morgan fingerprint density at radius 3 is 2.81 bits per heavy atom. The molecule has 0 saturated heterocycles. The molecule has 2 aromatic heterocycles. The van der Waals surface area contributed by atoms with E-state index >= 15 is 0 Å². The maximum absolute atomic E-state index is 9.21. The highest BCUT2D eigenvalue weighted by molar-refractivity contribution is 7.12. The van der Waals surface area contributed by atoms with Crippen molar-refractivity contribution in [2.45, 2.75) is 26.3 Å². The average molecular weight is 316 g/mol. The quantitative estimate of drug-likeness (QED) is 0.673. The van der Waals surface area contributed by atoms with Crippen molar-refractivity contribution in [1.29, 1.82) is 5.26 Å². The number of halogens is 1. The Morgan fingerprint density at radius 1 is 1.38 bits per heavy atom. The standard InChI is InChI=1S/C16H14ClN3S/c1-10-6-13(21-11(10)2)9-20-14-5-3-4-12(8-18)16(14)19-15(20)7-17/h3-6H,7,9H2,1-2H3. The number of rotatable bonds is 3. The normalized spacial score (nSPS) is 11.0. The van der Waals surface area contributed by atoms with Crippen LogP contribution in [-0.4, -0.2) is 9.55 Å². The molecule has 0 bridgehead atoms. The predicted molar refractivity (Wildman–Crippen MR) is 86.9 cm³/mol. The number of hydrogen-bond donors (Lipinski definition) is 0. The Kier molecular flexibility index (Phi) is 3.71. The summed E-state index contributed by atoms with van der Waals surface area (Å²) in [5.74, 6) is 1.14. The molecule has 0 unspecified atom stereocenters. The summed E-state index contributed by atoms with van der Waals surface area (Å²) >= 11 is 7.83. The number of nitriles is 1. The van der Waals surface area contributed by atoms with Gasteiger partial charge in [0.2, 0.25) is 0 Å². The minimum Gasteiger partial charge on any atom is -0.322 e. The van der Waals surface area contributed by atoms with Gasteiger partial charge in [0.05, 0.1) is 23.5 Å². The lowest BCUT2D eigenvalue weighted by Gasteiger charge is -2.05. The minimum atomic E-state index is 0.336. The zero-order valence-electron chi connectivity index (χ0n) is 11.9. The molecule has 0 saturated carbocycles. The molecule has 0 fully saturated rings. The second-order valence-electron chi connectivity index (χ2n) is 4.98. The molecule has 0 spiro atoms.